The van der Waals surface area contributed by atoms with Gasteiger partial charge in [0.2, 0.25) is 0 Å². The van der Waals surface area contributed by atoms with Crippen LogP contribution in [0.2, 0.25) is 0 Å². The minimum atomic E-state index is -0.154. The Morgan fingerprint density at radius 1 is 1.41 bits per heavy atom. The molecule has 1 N–H and O–H groups in total. The minimum absolute atomic E-state index is 0.154. The molecule has 0 aliphatic carbocycles. The Kier molecular flexibility index (Phi) is 5.27. The summed E-state index contributed by atoms with van der Waals surface area (Å²) in [7, 11) is 3.33. The first kappa shape index (κ1) is 14.3. The van der Waals surface area contributed by atoms with Gasteiger partial charge in [0.25, 0.3) is 0 Å². The Labute approximate surface area is 118 Å². The van der Waals surface area contributed by atoms with E-state index in [1.54, 1.807) is 31.2 Å². The van der Waals surface area contributed by atoms with Crippen LogP contribution < -0.4 is 10.1 Å². The van der Waals surface area contributed by atoms with Crippen LogP contribution in [0.5, 0.6) is 5.75 Å². The maximum Gasteiger partial charge on any atom is 0.321 e. The number of carbonyl (C=O) groups excluding carboxylic acids is 1. The first-order valence-corrected chi connectivity index (χ1v) is 6.63. The molecule has 6 heteroatoms. The molecule has 1 rings (SSSR count). The van der Waals surface area contributed by atoms with Crippen molar-refractivity contribution < 1.29 is 9.53 Å². The molecule has 0 bridgehead atoms. The molecule has 1 aromatic carbocycles. The third-order valence-corrected chi connectivity index (χ3v) is 3.56. The van der Waals surface area contributed by atoms with E-state index in [1.807, 2.05) is 6.92 Å². The summed E-state index contributed by atoms with van der Waals surface area (Å²) in [5, 5.41) is 2.82. The van der Waals surface area contributed by atoms with Crippen LogP contribution in [0.25, 0.3) is 0 Å². The predicted molar refractivity (Wildman–Crippen MR) is 75.7 cm³/mol. The zero-order valence-electron chi connectivity index (χ0n) is 9.88. The van der Waals surface area contributed by atoms with Crippen LogP contribution in [0.3, 0.4) is 0 Å². The number of hydrogen-bond acceptors (Lipinski definition) is 2. The third kappa shape index (κ3) is 3.61. The van der Waals surface area contributed by atoms with Crippen LogP contribution in [0, 0.1) is 0 Å². The molecule has 0 saturated heterocycles. The second-order valence-corrected chi connectivity index (χ2v) is 5.12. The lowest BCUT2D eigenvalue weighted by Gasteiger charge is -2.17. The van der Waals surface area contributed by atoms with E-state index in [4.69, 9.17) is 4.74 Å². The number of nitrogens with one attached hydrogen (secondary N) is 1. The van der Waals surface area contributed by atoms with E-state index in [0.29, 0.717) is 18.0 Å². The zero-order chi connectivity index (χ0) is 13.0. The Balaban J connectivity index is 2.95. The van der Waals surface area contributed by atoms with E-state index < -0.39 is 0 Å². The standard InChI is InChI=1S/C11H14Br2N2O2/c1-4-15(2)11(16)14-10-8(12)5-7(17-3)6-9(10)13/h5-6H,4H2,1-3H3,(H,14,16). The Bertz CT molecular complexity index is 401. The van der Waals surface area contributed by atoms with Crippen molar-refractivity contribution in [2.45, 2.75) is 6.92 Å². The molecule has 0 aliphatic rings. The summed E-state index contributed by atoms with van der Waals surface area (Å²) in [4.78, 5) is 13.3. The summed E-state index contributed by atoms with van der Waals surface area (Å²) in [6.07, 6.45) is 0. The average Bonchev–Trinajstić information content (AvgIpc) is 2.31. The number of nitrogens with zero attached hydrogens (tertiary/aromatic N) is 1. The van der Waals surface area contributed by atoms with Gasteiger partial charge in [-0.3, -0.25) is 0 Å². The molecule has 0 aliphatic heterocycles. The number of ether oxygens (including phenoxy) is 1. The molecule has 2 amide bonds. The monoisotopic (exact) mass is 364 g/mol. The summed E-state index contributed by atoms with van der Waals surface area (Å²) in [6, 6.07) is 3.44. The highest BCUT2D eigenvalue weighted by molar-refractivity contribution is 9.11. The SMILES string of the molecule is CCN(C)C(=O)Nc1c(Br)cc(OC)cc1Br. The van der Waals surface area contributed by atoms with Gasteiger partial charge in [-0.2, -0.15) is 0 Å². The van der Waals surface area contributed by atoms with Gasteiger partial charge in [-0.25, -0.2) is 4.79 Å². The van der Waals surface area contributed by atoms with Crippen LogP contribution in [0.15, 0.2) is 21.1 Å². The molecule has 0 spiro atoms. The van der Waals surface area contributed by atoms with Crippen LogP contribution in [0.1, 0.15) is 6.92 Å². The maximum atomic E-state index is 11.7. The fraction of sp³-hybridized carbons (Fsp3) is 0.364. The first-order chi connectivity index (χ1) is 7.99. The summed E-state index contributed by atoms with van der Waals surface area (Å²) < 4.78 is 6.65. The van der Waals surface area contributed by atoms with Crippen molar-refractivity contribution in [3.63, 3.8) is 0 Å². The number of amides is 2. The average molecular weight is 366 g/mol. The Morgan fingerprint density at radius 2 is 1.94 bits per heavy atom. The molecular formula is C11H14Br2N2O2. The quantitative estimate of drug-likeness (QED) is 0.887. The number of hydrogen-bond donors (Lipinski definition) is 1. The van der Waals surface area contributed by atoms with Crippen molar-refractivity contribution >= 4 is 43.6 Å². The van der Waals surface area contributed by atoms with Crippen LogP contribution >= 0.6 is 31.9 Å². The van der Waals surface area contributed by atoms with E-state index in [2.05, 4.69) is 37.2 Å². The van der Waals surface area contributed by atoms with Crippen molar-refractivity contribution in [2.75, 3.05) is 26.0 Å². The van der Waals surface area contributed by atoms with Crippen LogP contribution in [0.4, 0.5) is 10.5 Å². The summed E-state index contributed by atoms with van der Waals surface area (Å²) >= 11 is 6.79. The highest BCUT2D eigenvalue weighted by atomic mass is 79.9. The molecule has 0 heterocycles. The van der Waals surface area contributed by atoms with Gasteiger partial charge in [-0.05, 0) is 50.9 Å². The number of halogens is 2. The highest BCUT2D eigenvalue weighted by Crippen LogP contribution is 2.35. The van der Waals surface area contributed by atoms with Gasteiger partial charge in [0, 0.05) is 22.5 Å². The van der Waals surface area contributed by atoms with Gasteiger partial charge < -0.3 is 15.0 Å². The molecule has 0 aromatic heterocycles. The van der Waals surface area contributed by atoms with Crippen LogP contribution in [-0.2, 0) is 0 Å². The van der Waals surface area contributed by atoms with Crippen molar-refractivity contribution in [1.29, 1.82) is 0 Å². The minimum Gasteiger partial charge on any atom is -0.497 e. The van der Waals surface area contributed by atoms with Gasteiger partial charge in [0.15, 0.2) is 0 Å². The van der Waals surface area contributed by atoms with Crippen molar-refractivity contribution in [3.05, 3.63) is 21.1 Å². The van der Waals surface area contributed by atoms with Gasteiger partial charge >= 0.3 is 6.03 Å². The number of methoxy groups -OCH3 is 1. The van der Waals surface area contributed by atoms with Crippen molar-refractivity contribution in [1.82, 2.24) is 4.90 Å². The Hall–Kier alpha value is -0.750. The fourth-order valence-electron chi connectivity index (χ4n) is 1.13. The predicted octanol–water partition coefficient (Wildman–Crippen LogP) is 3.70. The van der Waals surface area contributed by atoms with Gasteiger partial charge in [0.05, 0.1) is 12.8 Å². The number of benzene rings is 1. The lowest BCUT2D eigenvalue weighted by atomic mass is 10.3. The summed E-state index contributed by atoms with van der Waals surface area (Å²) in [5.74, 6) is 0.714. The van der Waals surface area contributed by atoms with E-state index in [1.165, 1.54) is 0 Å². The van der Waals surface area contributed by atoms with Gasteiger partial charge in [-0.15, -0.1) is 0 Å². The molecule has 94 valence electrons. The molecule has 17 heavy (non-hydrogen) atoms. The Morgan fingerprint density at radius 3 is 2.35 bits per heavy atom. The van der Waals surface area contributed by atoms with Gasteiger partial charge in [0.1, 0.15) is 5.75 Å². The number of anilines is 1. The molecule has 4 nitrogen and oxygen atoms in total. The molecule has 0 atom stereocenters. The van der Waals surface area contributed by atoms with E-state index >= 15 is 0 Å². The first-order valence-electron chi connectivity index (χ1n) is 5.04. The van der Waals surface area contributed by atoms with E-state index in [9.17, 15) is 4.79 Å². The molecule has 1 aromatic rings. The summed E-state index contributed by atoms with van der Waals surface area (Å²) in [6.45, 7) is 2.56. The molecule has 0 saturated carbocycles. The molecule has 0 radical (unpaired) electrons. The van der Waals surface area contributed by atoms with Crippen LogP contribution in [-0.4, -0.2) is 31.6 Å². The molecular weight excluding hydrogens is 352 g/mol. The second kappa shape index (κ2) is 6.26. The highest BCUT2D eigenvalue weighted by Gasteiger charge is 2.13. The second-order valence-electron chi connectivity index (χ2n) is 3.41. The fourth-order valence-corrected chi connectivity index (χ4v) is 2.48. The normalized spacial score (nSPS) is 9.94. The number of rotatable bonds is 3. The zero-order valence-corrected chi connectivity index (χ0v) is 13.1. The maximum absolute atomic E-state index is 11.7. The smallest absolute Gasteiger partial charge is 0.321 e. The lowest BCUT2D eigenvalue weighted by molar-refractivity contribution is 0.224. The number of urea groups is 1. The van der Waals surface area contributed by atoms with Crippen molar-refractivity contribution in [3.8, 4) is 5.75 Å². The summed E-state index contributed by atoms with van der Waals surface area (Å²) in [5.41, 5.74) is 0.691. The van der Waals surface area contributed by atoms with E-state index in [-0.39, 0.29) is 6.03 Å². The number of carbonyl (C=O) groups is 1. The lowest BCUT2D eigenvalue weighted by Crippen LogP contribution is -2.31. The van der Waals surface area contributed by atoms with Crippen molar-refractivity contribution in [2.24, 2.45) is 0 Å². The van der Waals surface area contributed by atoms with E-state index in [0.717, 1.165) is 8.95 Å². The molecule has 0 unspecified atom stereocenters. The largest absolute Gasteiger partial charge is 0.497 e. The van der Waals surface area contributed by atoms with Gasteiger partial charge in [-0.1, -0.05) is 0 Å². The topological polar surface area (TPSA) is 41.6 Å². The molecule has 0 fully saturated rings. The third-order valence-electron chi connectivity index (χ3n) is 2.30.